The van der Waals surface area contributed by atoms with Crippen LogP contribution >= 0.6 is 11.6 Å². The van der Waals surface area contributed by atoms with Crippen molar-refractivity contribution in [2.75, 3.05) is 18.4 Å². The molecule has 1 heterocycles. The van der Waals surface area contributed by atoms with E-state index in [1.54, 1.807) is 24.3 Å². The molecule has 1 saturated heterocycles. The molecule has 0 aromatic heterocycles. The molecular formula is C14H14ClF3N2O2. The molecule has 1 fully saturated rings. The lowest BCUT2D eigenvalue weighted by Crippen LogP contribution is -2.48. The number of benzene rings is 1. The van der Waals surface area contributed by atoms with E-state index in [0.29, 0.717) is 28.5 Å². The fourth-order valence-electron chi connectivity index (χ4n) is 2.35. The third-order valence-electron chi connectivity index (χ3n) is 3.45. The van der Waals surface area contributed by atoms with Gasteiger partial charge in [-0.1, -0.05) is 23.7 Å². The number of anilines is 1. The van der Waals surface area contributed by atoms with E-state index < -0.39 is 23.9 Å². The van der Waals surface area contributed by atoms with E-state index in [4.69, 9.17) is 11.6 Å². The van der Waals surface area contributed by atoms with Crippen LogP contribution in [-0.4, -0.2) is 36.0 Å². The van der Waals surface area contributed by atoms with Crippen molar-refractivity contribution in [3.05, 3.63) is 29.3 Å². The molecule has 8 heteroatoms. The molecule has 1 unspecified atom stereocenters. The van der Waals surface area contributed by atoms with Crippen LogP contribution in [0.5, 0.6) is 0 Å². The highest BCUT2D eigenvalue weighted by Gasteiger charge is 2.44. The number of hydrogen-bond acceptors (Lipinski definition) is 2. The first-order valence-electron chi connectivity index (χ1n) is 6.70. The molecule has 120 valence electrons. The number of nitrogens with one attached hydrogen (secondary N) is 1. The second-order valence-corrected chi connectivity index (χ2v) is 5.46. The van der Waals surface area contributed by atoms with Crippen LogP contribution in [0.25, 0.3) is 0 Å². The monoisotopic (exact) mass is 334 g/mol. The van der Waals surface area contributed by atoms with Gasteiger partial charge in [-0.3, -0.25) is 9.59 Å². The Morgan fingerprint density at radius 2 is 1.95 bits per heavy atom. The molecule has 0 aliphatic carbocycles. The van der Waals surface area contributed by atoms with Gasteiger partial charge in [-0.2, -0.15) is 13.2 Å². The van der Waals surface area contributed by atoms with Crippen molar-refractivity contribution in [2.45, 2.75) is 19.0 Å². The number of carbonyl (C=O) groups is 2. The van der Waals surface area contributed by atoms with Crippen LogP contribution in [0, 0.1) is 5.92 Å². The van der Waals surface area contributed by atoms with Crippen LogP contribution < -0.4 is 5.32 Å². The second-order valence-electron chi connectivity index (χ2n) is 5.06. The SMILES string of the molecule is O=C(Nc1ccccc1Cl)C1CCCN(C(=O)C(F)(F)F)C1. The molecule has 0 bridgehead atoms. The molecule has 2 rings (SSSR count). The van der Waals surface area contributed by atoms with Crippen molar-refractivity contribution in [1.29, 1.82) is 0 Å². The molecule has 0 saturated carbocycles. The Morgan fingerprint density at radius 1 is 1.27 bits per heavy atom. The topological polar surface area (TPSA) is 49.4 Å². The Kier molecular flexibility index (Phi) is 4.95. The first kappa shape index (κ1) is 16.6. The zero-order chi connectivity index (χ0) is 16.3. The Balaban J connectivity index is 2.02. The number of para-hydroxylation sites is 1. The number of piperidine rings is 1. The lowest BCUT2D eigenvalue weighted by molar-refractivity contribution is -0.187. The van der Waals surface area contributed by atoms with Crippen molar-refractivity contribution in [3.63, 3.8) is 0 Å². The Labute approximate surface area is 130 Å². The highest BCUT2D eigenvalue weighted by atomic mass is 35.5. The number of rotatable bonds is 2. The van der Waals surface area contributed by atoms with E-state index in [0.717, 1.165) is 0 Å². The maximum atomic E-state index is 12.5. The fraction of sp³-hybridized carbons (Fsp3) is 0.429. The summed E-state index contributed by atoms with van der Waals surface area (Å²) < 4.78 is 37.4. The molecule has 1 aromatic rings. The minimum absolute atomic E-state index is 0.00815. The highest BCUT2D eigenvalue weighted by molar-refractivity contribution is 6.33. The first-order chi connectivity index (χ1) is 10.3. The Morgan fingerprint density at radius 3 is 2.59 bits per heavy atom. The molecular weight excluding hydrogens is 321 g/mol. The van der Waals surface area contributed by atoms with Gasteiger partial charge in [0.25, 0.3) is 0 Å². The van der Waals surface area contributed by atoms with E-state index in [-0.39, 0.29) is 13.1 Å². The average molecular weight is 335 g/mol. The maximum absolute atomic E-state index is 12.5. The predicted molar refractivity (Wildman–Crippen MR) is 75.4 cm³/mol. The van der Waals surface area contributed by atoms with Gasteiger partial charge < -0.3 is 10.2 Å². The summed E-state index contributed by atoms with van der Waals surface area (Å²) in [6.45, 7) is -0.233. The summed E-state index contributed by atoms with van der Waals surface area (Å²) in [7, 11) is 0. The molecule has 1 aromatic carbocycles. The van der Waals surface area contributed by atoms with Gasteiger partial charge in [-0.05, 0) is 25.0 Å². The van der Waals surface area contributed by atoms with Crippen LogP contribution in [0.3, 0.4) is 0 Å². The summed E-state index contributed by atoms with van der Waals surface area (Å²) >= 11 is 5.92. The largest absolute Gasteiger partial charge is 0.471 e. The number of likely N-dealkylation sites (tertiary alicyclic amines) is 1. The van der Waals surface area contributed by atoms with Gasteiger partial charge >= 0.3 is 12.1 Å². The molecule has 1 atom stereocenters. The predicted octanol–water partition coefficient (Wildman–Crippen LogP) is 3.08. The van der Waals surface area contributed by atoms with E-state index in [1.807, 2.05) is 0 Å². The van der Waals surface area contributed by atoms with Crippen molar-refractivity contribution >= 4 is 29.1 Å². The highest BCUT2D eigenvalue weighted by Crippen LogP contribution is 2.26. The number of amides is 2. The maximum Gasteiger partial charge on any atom is 0.471 e. The molecule has 4 nitrogen and oxygen atoms in total. The summed E-state index contributed by atoms with van der Waals surface area (Å²) in [6, 6.07) is 6.57. The molecule has 22 heavy (non-hydrogen) atoms. The van der Waals surface area contributed by atoms with Gasteiger partial charge in [0.05, 0.1) is 16.6 Å². The van der Waals surface area contributed by atoms with Crippen molar-refractivity contribution in [3.8, 4) is 0 Å². The molecule has 2 amide bonds. The molecule has 1 aliphatic heterocycles. The van der Waals surface area contributed by atoms with Gasteiger partial charge in [0, 0.05) is 13.1 Å². The summed E-state index contributed by atoms with van der Waals surface area (Å²) in [5.74, 6) is -3.02. The standard InChI is InChI=1S/C14H14ClF3N2O2/c15-10-5-1-2-6-11(10)19-12(21)9-4-3-7-20(8-9)13(22)14(16,17)18/h1-2,5-6,9H,3-4,7-8H2,(H,19,21). The van der Waals surface area contributed by atoms with Crippen LogP contribution in [0.1, 0.15) is 12.8 Å². The smallest absolute Gasteiger partial charge is 0.334 e. The van der Waals surface area contributed by atoms with Crippen LogP contribution in [0.4, 0.5) is 18.9 Å². The third kappa shape index (κ3) is 3.91. The van der Waals surface area contributed by atoms with Crippen LogP contribution in [-0.2, 0) is 9.59 Å². The normalized spacial score (nSPS) is 18.9. The second kappa shape index (κ2) is 6.56. The van der Waals surface area contributed by atoms with Gasteiger partial charge in [0.2, 0.25) is 5.91 Å². The molecule has 1 aliphatic rings. The van der Waals surface area contributed by atoms with Crippen molar-refractivity contribution < 1.29 is 22.8 Å². The summed E-state index contributed by atoms with van der Waals surface area (Å²) in [4.78, 5) is 24.1. The van der Waals surface area contributed by atoms with E-state index in [9.17, 15) is 22.8 Å². The van der Waals surface area contributed by atoms with E-state index in [2.05, 4.69) is 5.32 Å². The Bertz CT molecular complexity index is 577. The summed E-state index contributed by atoms with van der Waals surface area (Å²) in [5, 5.41) is 2.93. The minimum atomic E-state index is -4.92. The summed E-state index contributed by atoms with van der Waals surface area (Å²) in [5.41, 5.74) is 0.397. The van der Waals surface area contributed by atoms with Gasteiger partial charge in [-0.15, -0.1) is 0 Å². The zero-order valence-corrected chi connectivity index (χ0v) is 12.2. The molecule has 0 spiro atoms. The first-order valence-corrected chi connectivity index (χ1v) is 7.08. The molecule has 1 N–H and O–H groups in total. The number of hydrogen-bond donors (Lipinski definition) is 1. The van der Waals surface area contributed by atoms with Crippen molar-refractivity contribution in [2.24, 2.45) is 5.92 Å². The summed E-state index contributed by atoms with van der Waals surface area (Å²) in [6.07, 6.45) is -4.14. The number of halogens is 4. The number of nitrogens with zero attached hydrogens (tertiary/aromatic N) is 1. The Hall–Kier alpha value is -1.76. The number of alkyl halides is 3. The van der Waals surface area contributed by atoms with Crippen molar-refractivity contribution in [1.82, 2.24) is 4.90 Å². The fourth-order valence-corrected chi connectivity index (χ4v) is 2.54. The van der Waals surface area contributed by atoms with Crippen LogP contribution in [0.2, 0.25) is 5.02 Å². The quantitative estimate of drug-likeness (QED) is 0.903. The number of carbonyl (C=O) groups excluding carboxylic acids is 2. The van der Waals surface area contributed by atoms with Gasteiger partial charge in [-0.25, -0.2) is 0 Å². The third-order valence-corrected chi connectivity index (χ3v) is 3.78. The van der Waals surface area contributed by atoms with Crippen LogP contribution in [0.15, 0.2) is 24.3 Å². The zero-order valence-electron chi connectivity index (χ0n) is 11.5. The van der Waals surface area contributed by atoms with E-state index >= 15 is 0 Å². The molecule has 0 radical (unpaired) electrons. The minimum Gasteiger partial charge on any atom is -0.334 e. The lowest BCUT2D eigenvalue weighted by atomic mass is 9.97. The van der Waals surface area contributed by atoms with Gasteiger partial charge in [0.1, 0.15) is 0 Å². The van der Waals surface area contributed by atoms with E-state index in [1.165, 1.54) is 0 Å². The van der Waals surface area contributed by atoms with Gasteiger partial charge in [0.15, 0.2) is 0 Å². The average Bonchev–Trinajstić information content (AvgIpc) is 2.48. The lowest BCUT2D eigenvalue weighted by Gasteiger charge is -2.32.